The van der Waals surface area contributed by atoms with Gasteiger partial charge in [0.2, 0.25) is 0 Å². The van der Waals surface area contributed by atoms with E-state index in [1.165, 1.54) is 14.0 Å². The predicted octanol–water partition coefficient (Wildman–Crippen LogP) is 7.96. The number of rotatable bonds is 10. The molecule has 3 unspecified atom stereocenters. The molecule has 1 saturated carbocycles. The van der Waals surface area contributed by atoms with Gasteiger partial charge in [0.15, 0.2) is 11.5 Å². The number of carbonyl (C=O) groups excluding carboxylic acids is 2. The van der Waals surface area contributed by atoms with E-state index in [4.69, 9.17) is 9.47 Å². The van der Waals surface area contributed by atoms with Crippen LogP contribution in [0.2, 0.25) is 0 Å². The number of aliphatic hydroxyl groups excluding tert-OH is 2. The van der Waals surface area contributed by atoms with Gasteiger partial charge in [-0.2, -0.15) is 0 Å². The number of aryl methyl sites for hydroxylation is 1. The number of Topliss-reactive ketones (excluding diaryl/α,β-unsaturated/α-hetero) is 2. The molecule has 1 aliphatic heterocycles. The molecule has 55 heavy (non-hydrogen) atoms. The second kappa shape index (κ2) is 19.4. The lowest BCUT2D eigenvalue weighted by Crippen LogP contribution is -2.35. The third-order valence-corrected chi connectivity index (χ3v) is 12.9. The highest BCUT2D eigenvalue weighted by Gasteiger charge is 2.28. The fourth-order valence-electron chi connectivity index (χ4n) is 7.63. The molecule has 294 valence electrons. The lowest BCUT2D eigenvalue weighted by atomic mass is 9.89. The van der Waals surface area contributed by atoms with Crippen LogP contribution in [-0.4, -0.2) is 69.6 Å². The summed E-state index contributed by atoms with van der Waals surface area (Å²) in [6.07, 6.45) is 4.29. The molecule has 6 N–H and O–H groups in total. The van der Waals surface area contributed by atoms with Gasteiger partial charge in [0.05, 0.1) is 32.5 Å². The normalized spacial score (nSPS) is 19.5. The summed E-state index contributed by atoms with van der Waals surface area (Å²) in [5.74, 6) is 1.50. The highest BCUT2D eigenvalue weighted by Crippen LogP contribution is 2.46. The third-order valence-electron chi connectivity index (χ3n) is 10.5. The van der Waals surface area contributed by atoms with Crippen LogP contribution in [0.3, 0.4) is 0 Å². The molecular weight excluding hydrogens is 737 g/mol. The Hall–Kier alpha value is -3.78. The lowest BCUT2D eigenvalue weighted by molar-refractivity contribution is -0.124. The van der Waals surface area contributed by atoms with Crippen molar-refractivity contribution >= 4 is 49.6 Å². The summed E-state index contributed by atoms with van der Waals surface area (Å²) < 4.78 is 12.6. The van der Waals surface area contributed by atoms with E-state index in [0.717, 1.165) is 58.7 Å². The first-order valence-corrected chi connectivity index (χ1v) is 21.6. The molecule has 6 rings (SSSR count). The SMILES string of the molecule is COc1c(O)ccc2c1-c1ccc3ccc(O)cc3c1CSSCC(O)CCC(OC(NC1CCCC1)c1ccc(NCC(C)=O)c(CO)c1)CC(=O)CC2. The van der Waals surface area contributed by atoms with Crippen molar-refractivity contribution < 1.29 is 39.5 Å². The number of carbonyl (C=O) groups is 2. The van der Waals surface area contributed by atoms with Crippen molar-refractivity contribution in [3.05, 3.63) is 82.9 Å². The molecule has 1 fully saturated rings. The molecule has 0 bridgehead atoms. The van der Waals surface area contributed by atoms with E-state index in [0.29, 0.717) is 53.3 Å². The Kier molecular flexibility index (Phi) is 14.4. The van der Waals surface area contributed by atoms with Crippen LogP contribution in [-0.2, 0) is 33.1 Å². The molecule has 1 aliphatic carbocycles. The molecule has 0 amide bonds. The number of aliphatic hydroxyl groups is 2. The number of benzene rings is 4. The summed E-state index contributed by atoms with van der Waals surface area (Å²) in [6.45, 7) is 1.44. The van der Waals surface area contributed by atoms with Crippen molar-refractivity contribution in [2.24, 2.45) is 0 Å². The number of aromatic hydroxyl groups is 2. The average molecular weight is 789 g/mol. The van der Waals surface area contributed by atoms with Crippen LogP contribution in [0.15, 0.2) is 60.7 Å². The molecule has 12 heteroatoms. The van der Waals surface area contributed by atoms with Gasteiger partial charge in [0, 0.05) is 47.2 Å². The molecule has 2 aliphatic rings. The fourth-order valence-corrected chi connectivity index (χ4v) is 9.93. The number of methoxy groups -OCH3 is 1. The molecule has 0 saturated heterocycles. The Balaban J connectivity index is 1.31. The Bertz CT molecular complexity index is 1970. The van der Waals surface area contributed by atoms with Gasteiger partial charge in [-0.05, 0) is 102 Å². The van der Waals surface area contributed by atoms with E-state index < -0.39 is 18.4 Å². The number of anilines is 1. The number of hydrogen-bond acceptors (Lipinski definition) is 12. The van der Waals surface area contributed by atoms with E-state index >= 15 is 0 Å². The highest BCUT2D eigenvalue weighted by molar-refractivity contribution is 8.76. The summed E-state index contributed by atoms with van der Waals surface area (Å²) in [4.78, 5) is 25.6. The minimum atomic E-state index is -0.630. The third kappa shape index (κ3) is 10.5. The van der Waals surface area contributed by atoms with Crippen molar-refractivity contribution in [3.63, 3.8) is 0 Å². The lowest BCUT2D eigenvalue weighted by Gasteiger charge is -2.29. The molecule has 3 atom stereocenters. The van der Waals surface area contributed by atoms with Crippen molar-refractivity contribution in [1.82, 2.24) is 5.32 Å². The molecule has 1 heterocycles. The van der Waals surface area contributed by atoms with E-state index in [1.807, 2.05) is 42.5 Å². The van der Waals surface area contributed by atoms with Gasteiger partial charge >= 0.3 is 0 Å². The summed E-state index contributed by atoms with van der Waals surface area (Å²) in [5.41, 5.74) is 5.52. The van der Waals surface area contributed by atoms with Gasteiger partial charge in [-0.15, -0.1) is 0 Å². The van der Waals surface area contributed by atoms with Gasteiger partial charge in [-0.1, -0.05) is 64.8 Å². The molecule has 0 aromatic heterocycles. The smallest absolute Gasteiger partial charge is 0.168 e. The van der Waals surface area contributed by atoms with Gasteiger partial charge in [0.1, 0.15) is 23.5 Å². The van der Waals surface area contributed by atoms with Crippen LogP contribution in [0.25, 0.3) is 21.9 Å². The zero-order valence-corrected chi connectivity index (χ0v) is 33.1. The fraction of sp³-hybridized carbons (Fsp3) is 0.442. The van der Waals surface area contributed by atoms with Crippen molar-refractivity contribution in [3.8, 4) is 28.4 Å². The quantitative estimate of drug-likeness (QED) is 0.0682. The van der Waals surface area contributed by atoms with Crippen molar-refractivity contribution in [1.29, 1.82) is 0 Å². The molecule has 4 aromatic carbocycles. The van der Waals surface area contributed by atoms with Crippen LogP contribution in [0, 0.1) is 0 Å². The van der Waals surface area contributed by atoms with Gasteiger partial charge in [-0.25, -0.2) is 0 Å². The van der Waals surface area contributed by atoms with E-state index in [2.05, 4.69) is 10.6 Å². The average Bonchev–Trinajstić information content (AvgIpc) is 3.69. The number of ketones is 2. The minimum absolute atomic E-state index is 0.00428. The summed E-state index contributed by atoms with van der Waals surface area (Å²) >= 11 is 0. The number of fused-ring (bicyclic) bond motifs is 5. The molecule has 4 aromatic rings. The number of phenolic OH excluding ortho intramolecular Hbond substituents is 2. The maximum atomic E-state index is 13.9. The first-order chi connectivity index (χ1) is 26.6. The Morgan fingerprint density at radius 1 is 0.964 bits per heavy atom. The number of phenols is 2. The largest absolute Gasteiger partial charge is 0.508 e. The van der Waals surface area contributed by atoms with Gasteiger partial charge in [0.25, 0.3) is 0 Å². The topological polar surface area (TPSA) is 158 Å². The molecule has 0 spiro atoms. The maximum Gasteiger partial charge on any atom is 0.168 e. The highest BCUT2D eigenvalue weighted by atomic mass is 33.1. The Morgan fingerprint density at radius 3 is 2.53 bits per heavy atom. The van der Waals surface area contributed by atoms with Crippen LogP contribution < -0.4 is 15.4 Å². The first kappa shape index (κ1) is 40.9. The van der Waals surface area contributed by atoms with Gasteiger partial charge in [-0.3, -0.25) is 14.9 Å². The standard InChI is InChI=1S/C43H52N2O8S2/c1-26(47)22-44-39-17-10-29(19-30(39)23-46)43(45-31-5-3-4-6-31)53-35-15-14-34(50)24-54-55-25-38-36(16-9-27-7-12-33(49)21-37(27)38)41-28(8-13-32(48)20-35)11-18-40(51)42(41)52-2/h7,9-12,16-19,21,31,34-35,43-46,49-51H,3-6,8,13-15,20,22-25H2,1-2H3. The monoisotopic (exact) mass is 788 g/mol. The Morgan fingerprint density at radius 2 is 1.76 bits per heavy atom. The van der Waals surface area contributed by atoms with Gasteiger partial charge < -0.3 is 35.2 Å². The first-order valence-electron chi connectivity index (χ1n) is 19.1. The van der Waals surface area contributed by atoms with Crippen LogP contribution in [0.4, 0.5) is 5.69 Å². The molecular formula is C43H52N2O8S2. The predicted molar refractivity (Wildman–Crippen MR) is 221 cm³/mol. The second-order valence-electron chi connectivity index (χ2n) is 14.6. The number of nitrogens with one attached hydrogen (secondary N) is 2. The summed E-state index contributed by atoms with van der Waals surface area (Å²) in [5, 5.41) is 51.5. The number of ether oxygens (including phenoxy) is 2. The van der Waals surface area contributed by atoms with Crippen LogP contribution in [0.1, 0.15) is 86.8 Å². The van der Waals surface area contributed by atoms with Crippen molar-refractivity contribution in [2.45, 2.75) is 102 Å². The Labute approximate surface area is 330 Å². The summed E-state index contributed by atoms with van der Waals surface area (Å²) in [6, 6.07) is 18.7. The maximum absolute atomic E-state index is 13.9. The van der Waals surface area contributed by atoms with E-state index in [-0.39, 0.29) is 55.1 Å². The second-order valence-corrected chi connectivity index (χ2v) is 17.1. The van der Waals surface area contributed by atoms with Crippen LogP contribution >= 0.6 is 21.6 Å². The van der Waals surface area contributed by atoms with E-state index in [9.17, 15) is 30.0 Å². The zero-order chi connectivity index (χ0) is 38.9. The molecule has 0 radical (unpaired) electrons. The minimum Gasteiger partial charge on any atom is -0.508 e. The molecule has 10 nitrogen and oxygen atoms in total. The number of hydrogen-bond donors (Lipinski definition) is 6. The van der Waals surface area contributed by atoms with Crippen molar-refractivity contribution in [2.75, 3.05) is 24.7 Å². The van der Waals surface area contributed by atoms with E-state index in [1.54, 1.807) is 39.8 Å². The zero-order valence-electron chi connectivity index (χ0n) is 31.5. The van der Waals surface area contributed by atoms with Crippen LogP contribution in [0.5, 0.6) is 17.2 Å². The summed E-state index contributed by atoms with van der Waals surface area (Å²) in [7, 11) is 4.71.